The van der Waals surface area contributed by atoms with Crippen molar-refractivity contribution < 1.29 is 26.3 Å². The van der Waals surface area contributed by atoms with Crippen LogP contribution in [0.25, 0.3) is 0 Å². The number of halogens is 7. The lowest BCUT2D eigenvalue weighted by Gasteiger charge is -2.14. The second-order valence-corrected chi connectivity index (χ2v) is 4.62. The number of hydrogen-bond acceptors (Lipinski definition) is 2. The lowest BCUT2D eigenvalue weighted by Crippen LogP contribution is -2.11. The molecule has 0 radical (unpaired) electrons. The normalized spacial score (nSPS) is 12.9. The number of pyridine rings is 1. The van der Waals surface area contributed by atoms with Crippen molar-refractivity contribution in [3.8, 4) is 0 Å². The minimum absolute atomic E-state index is 0.324. The van der Waals surface area contributed by atoms with Crippen molar-refractivity contribution in [1.82, 2.24) is 4.98 Å². The fourth-order valence-corrected chi connectivity index (χ4v) is 2.30. The third kappa shape index (κ3) is 3.68. The van der Waals surface area contributed by atoms with E-state index in [0.29, 0.717) is 6.07 Å². The molecular weight excluding hydrogens is 371 g/mol. The smallest absolute Gasteiger partial charge is 0.249 e. The molecule has 1 nitrogen and oxygen atoms in total. The summed E-state index contributed by atoms with van der Waals surface area (Å²) in [5.41, 5.74) is -6.10. The van der Waals surface area contributed by atoms with Crippen molar-refractivity contribution >= 4 is 34.4 Å². The predicted molar refractivity (Wildman–Crippen MR) is 53.9 cm³/mol. The first-order chi connectivity index (χ1) is 7.11. The number of hydrogen-bond donors (Lipinski definition) is 0. The summed E-state index contributed by atoms with van der Waals surface area (Å²) in [5, 5.41) is 0. The highest BCUT2D eigenvalue weighted by Gasteiger charge is 2.39. The summed E-state index contributed by atoms with van der Waals surface area (Å²) >= 11 is 0.525. The Morgan fingerprint density at radius 3 is 2.12 bits per heavy atom. The zero-order valence-electron chi connectivity index (χ0n) is 7.16. The number of aromatic nitrogens is 1. The average Bonchev–Trinajstić information content (AvgIpc) is 2.04. The van der Waals surface area contributed by atoms with E-state index in [9.17, 15) is 26.3 Å². The van der Waals surface area contributed by atoms with Crippen LogP contribution in [-0.4, -0.2) is 10.5 Å². The van der Waals surface area contributed by atoms with Gasteiger partial charge >= 0.3 is 11.7 Å². The van der Waals surface area contributed by atoms with Gasteiger partial charge in [0.25, 0.3) is 0 Å². The molecule has 0 spiro atoms. The first kappa shape index (κ1) is 13.9. The van der Waals surface area contributed by atoms with E-state index in [4.69, 9.17) is 0 Å². The van der Waals surface area contributed by atoms with E-state index in [1.54, 1.807) is 0 Å². The van der Waals surface area contributed by atoms with Gasteiger partial charge in [0.05, 0.1) is 10.5 Å². The number of rotatable bonds is 1. The van der Waals surface area contributed by atoms with Gasteiger partial charge in [0.1, 0.15) is 3.70 Å². The van der Waals surface area contributed by atoms with Crippen LogP contribution in [0.15, 0.2) is 17.2 Å². The summed E-state index contributed by atoms with van der Waals surface area (Å²) in [5.74, 6) is 0. The molecule has 90 valence electrons. The van der Waals surface area contributed by atoms with Crippen molar-refractivity contribution in [1.29, 1.82) is 0 Å². The van der Waals surface area contributed by atoms with E-state index >= 15 is 0 Å². The van der Waals surface area contributed by atoms with Crippen LogP contribution >= 0.6 is 34.4 Å². The highest BCUT2D eigenvalue weighted by Crippen LogP contribution is 2.44. The van der Waals surface area contributed by atoms with Gasteiger partial charge in [-0.15, -0.1) is 0 Å². The van der Waals surface area contributed by atoms with Gasteiger partial charge in [0.15, 0.2) is 0 Å². The van der Waals surface area contributed by atoms with E-state index in [1.807, 2.05) is 0 Å². The Kier molecular flexibility index (Phi) is 3.98. The molecule has 0 atom stereocenters. The molecule has 1 rings (SSSR count). The fourth-order valence-electron chi connectivity index (χ4n) is 0.859. The Morgan fingerprint density at radius 1 is 1.12 bits per heavy atom. The Hall–Kier alpha value is -0.190. The molecule has 0 aliphatic rings. The molecular formula is C7H2F6INS. The Labute approximate surface area is 104 Å². The molecule has 0 amide bonds. The second-order valence-electron chi connectivity index (χ2n) is 2.52. The van der Waals surface area contributed by atoms with Crippen LogP contribution in [-0.2, 0) is 6.18 Å². The summed E-state index contributed by atoms with van der Waals surface area (Å²) in [7, 11) is 0. The van der Waals surface area contributed by atoms with Crippen LogP contribution in [0.1, 0.15) is 5.56 Å². The van der Waals surface area contributed by atoms with Gasteiger partial charge in [0, 0.05) is 6.20 Å². The Bertz CT molecular complexity index is 387. The first-order valence-corrected chi connectivity index (χ1v) is 5.48. The van der Waals surface area contributed by atoms with Crippen molar-refractivity contribution in [3.63, 3.8) is 0 Å². The average molecular weight is 373 g/mol. The molecule has 0 N–H and O–H groups in total. The molecule has 1 aromatic heterocycles. The molecule has 9 heteroatoms. The minimum atomic E-state index is -4.82. The first-order valence-electron chi connectivity index (χ1n) is 3.58. The van der Waals surface area contributed by atoms with Gasteiger partial charge in [-0.05, 0) is 40.4 Å². The monoisotopic (exact) mass is 373 g/mol. The van der Waals surface area contributed by atoms with Crippen molar-refractivity contribution in [2.24, 2.45) is 0 Å². The van der Waals surface area contributed by atoms with Gasteiger partial charge in [-0.1, -0.05) is 0 Å². The maximum atomic E-state index is 12.4. The maximum absolute atomic E-state index is 12.4. The quantitative estimate of drug-likeness (QED) is 0.315. The SMILES string of the molecule is FC(F)(F)Sc1c(C(F)(F)F)ccnc1I. The molecule has 0 saturated heterocycles. The summed E-state index contributed by atoms with van der Waals surface area (Å²) in [6, 6.07) is 0.524. The van der Waals surface area contributed by atoms with Crippen LogP contribution in [0.2, 0.25) is 0 Å². The van der Waals surface area contributed by atoms with Crippen molar-refractivity contribution in [2.45, 2.75) is 16.6 Å². The topological polar surface area (TPSA) is 12.9 Å². The van der Waals surface area contributed by atoms with Crippen LogP contribution < -0.4 is 0 Å². The van der Waals surface area contributed by atoms with Gasteiger partial charge < -0.3 is 0 Å². The van der Waals surface area contributed by atoms with E-state index in [1.165, 1.54) is 22.6 Å². The lowest BCUT2D eigenvalue weighted by atomic mass is 10.3. The molecule has 0 saturated carbocycles. The lowest BCUT2D eigenvalue weighted by molar-refractivity contribution is -0.140. The number of alkyl halides is 6. The minimum Gasteiger partial charge on any atom is -0.249 e. The Balaban J connectivity index is 3.25. The standard InChI is InChI=1S/C7H2F6INS/c8-6(9,10)3-1-2-15-5(14)4(3)16-7(11,12)13/h1-2H. The maximum Gasteiger partial charge on any atom is 0.446 e. The summed E-state index contributed by atoms with van der Waals surface area (Å²) in [4.78, 5) is 2.49. The molecule has 0 unspecified atom stereocenters. The molecule has 0 aliphatic heterocycles. The summed E-state index contributed by atoms with van der Waals surface area (Å²) < 4.78 is 73.0. The molecule has 1 aromatic rings. The zero-order valence-corrected chi connectivity index (χ0v) is 10.1. The van der Waals surface area contributed by atoms with Crippen molar-refractivity contribution in [3.05, 3.63) is 21.5 Å². The molecule has 0 fully saturated rings. The molecule has 1 heterocycles. The summed E-state index contributed by atoms with van der Waals surface area (Å²) in [6.45, 7) is 0. The largest absolute Gasteiger partial charge is 0.446 e. The van der Waals surface area contributed by atoms with Crippen LogP contribution in [0, 0.1) is 3.70 Å². The highest BCUT2D eigenvalue weighted by molar-refractivity contribution is 14.1. The van der Waals surface area contributed by atoms with Crippen molar-refractivity contribution in [2.75, 3.05) is 0 Å². The second kappa shape index (κ2) is 4.59. The molecule has 0 aromatic carbocycles. The van der Waals surface area contributed by atoms with Gasteiger partial charge in [-0.3, -0.25) is 0 Å². The molecule has 0 bridgehead atoms. The van der Waals surface area contributed by atoms with Gasteiger partial charge in [0.2, 0.25) is 0 Å². The Morgan fingerprint density at radius 2 is 1.69 bits per heavy atom. The van der Waals surface area contributed by atoms with Gasteiger partial charge in [-0.25, -0.2) is 4.98 Å². The fraction of sp³-hybridized carbons (Fsp3) is 0.286. The van der Waals surface area contributed by atoms with Crippen LogP contribution in [0.3, 0.4) is 0 Å². The number of thioether (sulfide) groups is 1. The third-order valence-corrected chi connectivity index (χ3v) is 3.42. The van der Waals surface area contributed by atoms with Crippen LogP contribution in [0.4, 0.5) is 26.3 Å². The predicted octanol–water partition coefficient (Wildman–Crippen LogP) is 4.32. The zero-order chi connectivity index (χ0) is 12.6. The van der Waals surface area contributed by atoms with E-state index in [0.717, 1.165) is 6.20 Å². The third-order valence-electron chi connectivity index (χ3n) is 1.38. The van der Waals surface area contributed by atoms with E-state index < -0.39 is 33.9 Å². The summed E-state index contributed by atoms with van der Waals surface area (Å²) in [6.07, 6.45) is -4.00. The van der Waals surface area contributed by atoms with E-state index in [-0.39, 0.29) is 3.70 Å². The van der Waals surface area contributed by atoms with E-state index in [2.05, 4.69) is 4.98 Å². The molecule has 16 heavy (non-hydrogen) atoms. The number of nitrogens with zero attached hydrogens (tertiary/aromatic N) is 1. The van der Waals surface area contributed by atoms with Gasteiger partial charge in [-0.2, -0.15) is 26.3 Å². The highest BCUT2D eigenvalue weighted by atomic mass is 127. The molecule has 0 aliphatic carbocycles. The van der Waals surface area contributed by atoms with Crippen LogP contribution in [0.5, 0.6) is 0 Å².